The lowest BCUT2D eigenvalue weighted by molar-refractivity contribution is -0.385. The summed E-state index contributed by atoms with van der Waals surface area (Å²) in [5, 5.41) is 23.5. The highest BCUT2D eigenvalue weighted by atomic mass is 16.6. The van der Waals surface area contributed by atoms with Gasteiger partial charge in [-0.15, -0.1) is 0 Å². The second kappa shape index (κ2) is 5.35. The van der Waals surface area contributed by atoms with Gasteiger partial charge in [-0.2, -0.15) is 0 Å². The summed E-state index contributed by atoms with van der Waals surface area (Å²) < 4.78 is 0. The normalized spacial score (nSPS) is 20.2. The van der Waals surface area contributed by atoms with E-state index >= 15 is 0 Å². The van der Waals surface area contributed by atoms with E-state index in [1.54, 1.807) is 6.92 Å². The zero-order valence-corrected chi connectivity index (χ0v) is 12.5. The van der Waals surface area contributed by atoms with Gasteiger partial charge in [0.15, 0.2) is 0 Å². The zero-order valence-electron chi connectivity index (χ0n) is 12.5. The highest BCUT2D eigenvalue weighted by molar-refractivity contribution is 5.90. The molecule has 2 N–H and O–H groups in total. The average Bonchev–Trinajstić information content (AvgIpc) is 2.70. The molecule has 1 fully saturated rings. The molecule has 0 bridgehead atoms. The van der Waals surface area contributed by atoms with Crippen molar-refractivity contribution in [2.45, 2.75) is 46.1 Å². The van der Waals surface area contributed by atoms with E-state index < -0.39 is 10.9 Å². The van der Waals surface area contributed by atoms with Gasteiger partial charge in [0.05, 0.1) is 10.5 Å². The lowest BCUT2D eigenvalue weighted by atomic mass is 9.92. The SMILES string of the molecule is Cc1c(NC2CCC(C)(C)C2)cc(C(=O)O)cc1[N+](=O)[O-]. The van der Waals surface area contributed by atoms with Crippen LogP contribution in [0.2, 0.25) is 0 Å². The number of benzene rings is 1. The van der Waals surface area contributed by atoms with Crippen LogP contribution in [0, 0.1) is 22.5 Å². The number of nitro benzene ring substituents is 1. The number of nitrogens with zero attached hydrogens (tertiary/aromatic N) is 1. The first-order valence-corrected chi connectivity index (χ1v) is 6.98. The van der Waals surface area contributed by atoms with Crippen molar-refractivity contribution in [1.29, 1.82) is 0 Å². The van der Waals surface area contributed by atoms with Gasteiger partial charge in [-0.3, -0.25) is 10.1 Å². The molecule has 0 spiro atoms. The molecule has 1 atom stereocenters. The Hall–Kier alpha value is -2.11. The van der Waals surface area contributed by atoms with Gasteiger partial charge in [0, 0.05) is 23.4 Å². The predicted molar refractivity (Wildman–Crippen MR) is 79.8 cm³/mol. The Kier molecular flexibility index (Phi) is 3.89. The Morgan fingerprint density at radius 3 is 2.62 bits per heavy atom. The van der Waals surface area contributed by atoms with Crippen molar-refractivity contribution in [3.05, 3.63) is 33.4 Å². The van der Waals surface area contributed by atoms with Crippen LogP contribution in [0.1, 0.15) is 49.0 Å². The number of hydrogen-bond acceptors (Lipinski definition) is 4. The van der Waals surface area contributed by atoms with Crippen LogP contribution < -0.4 is 5.32 Å². The minimum atomic E-state index is -1.16. The highest BCUT2D eigenvalue weighted by Gasteiger charge is 2.31. The maximum atomic E-state index is 11.1. The lowest BCUT2D eigenvalue weighted by Crippen LogP contribution is -2.19. The minimum absolute atomic E-state index is 0.0629. The number of carboxylic acids is 1. The number of nitro groups is 1. The monoisotopic (exact) mass is 292 g/mol. The molecule has 1 aliphatic carbocycles. The van der Waals surface area contributed by atoms with Crippen molar-refractivity contribution < 1.29 is 14.8 Å². The van der Waals surface area contributed by atoms with Crippen LogP contribution >= 0.6 is 0 Å². The molecule has 1 saturated carbocycles. The summed E-state index contributed by atoms with van der Waals surface area (Å²) in [7, 11) is 0. The van der Waals surface area contributed by atoms with E-state index in [0.29, 0.717) is 11.3 Å². The van der Waals surface area contributed by atoms with Gasteiger partial charge in [0.1, 0.15) is 0 Å². The topological polar surface area (TPSA) is 92.5 Å². The van der Waals surface area contributed by atoms with Gasteiger partial charge in [-0.1, -0.05) is 13.8 Å². The van der Waals surface area contributed by atoms with Crippen LogP contribution in [-0.2, 0) is 0 Å². The van der Waals surface area contributed by atoms with Crippen molar-refractivity contribution in [3.8, 4) is 0 Å². The Balaban J connectivity index is 2.34. The average molecular weight is 292 g/mol. The van der Waals surface area contributed by atoms with Crippen LogP contribution in [0.4, 0.5) is 11.4 Å². The Bertz CT molecular complexity index is 596. The summed E-state index contributed by atoms with van der Waals surface area (Å²) in [5.74, 6) is -1.16. The van der Waals surface area contributed by atoms with Crippen LogP contribution in [0.15, 0.2) is 12.1 Å². The highest BCUT2D eigenvalue weighted by Crippen LogP contribution is 2.39. The molecular weight excluding hydrogens is 272 g/mol. The van der Waals surface area contributed by atoms with Crippen LogP contribution in [0.5, 0.6) is 0 Å². The number of aromatic carboxylic acids is 1. The van der Waals surface area contributed by atoms with E-state index in [4.69, 9.17) is 5.11 Å². The zero-order chi connectivity index (χ0) is 15.8. The molecule has 1 unspecified atom stereocenters. The summed E-state index contributed by atoms with van der Waals surface area (Å²) >= 11 is 0. The minimum Gasteiger partial charge on any atom is -0.478 e. The number of hydrogen-bond donors (Lipinski definition) is 2. The maximum absolute atomic E-state index is 11.1. The molecule has 1 aromatic carbocycles. The van der Waals surface area contributed by atoms with E-state index in [9.17, 15) is 14.9 Å². The maximum Gasteiger partial charge on any atom is 0.336 e. The smallest absolute Gasteiger partial charge is 0.336 e. The van der Waals surface area contributed by atoms with Gasteiger partial charge in [-0.05, 0) is 37.7 Å². The van der Waals surface area contributed by atoms with Crippen molar-refractivity contribution >= 4 is 17.3 Å². The Morgan fingerprint density at radius 1 is 1.48 bits per heavy atom. The second-order valence-electron chi connectivity index (χ2n) is 6.48. The number of rotatable bonds is 4. The van der Waals surface area contributed by atoms with Crippen LogP contribution in [0.25, 0.3) is 0 Å². The van der Waals surface area contributed by atoms with Crippen LogP contribution in [-0.4, -0.2) is 22.0 Å². The fourth-order valence-electron chi connectivity index (χ4n) is 2.94. The molecule has 6 heteroatoms. The predicted octanol–water partition coefficient (Wildman–Crippen LogP) is 3.59. The van der Waals surface area contributed by atoms with Crippen molar-refractivity contribution in [3.63, 3.8) is 0 Å². The van der Waals surface area contributed by atoms with Crippen LogP contribution in [0.3, 0.4) is 0 Å². The number of anilines is 1. The van der Waals surface area contributed by atoms with E-state index in [1.807, 2.05) is 0 Å². The van der Waals surface area contributed by atoms with Crippen molar-refractivity contribution in [1.82, 2.24) is 0 Å². The van der Waals surface area contributed by atoms with E-state index in [0.717, 1.165) is 25.3 Å². The lowest BCUT2D eigenvalue weighted by Gasteiger charge is -2.20. The Labute approximate surface area is 123 Å². The number of carbonyl (C=O) groups is 1. The molecule has 0 aromatic heterocycles. The van der Waals surface area contributed by atoms with E-state index in [2.05, 4.69) is 19.2 Å². The molecule has 0 amide bonds. The molecule has 114 valence electrons. The first-order chi connectivity index (χ1) is 9.69. The second-order valence-corrected chi connectivity index (χ2v) is 6.48. The largest absolute Gasteiger partial charge is 0.478 e. The molecule has 1 aromatic rings. The molecule has 6 nitrogen and oxygen atoms in total. The molecule has 2 rings (SSSR count). The van der Waals surface area contributed by atoms with Crippen molar-refractivity contribution in [2.24, 2.45) is 5.41 Å². The third-order valence-corrected chi connectivity index (χ3v) is 4.15. The quantitative estimate of drug-likeness (QED) is 0.653. The summed E-state index contributed by atoms with van der Waals surface area (Å²) in [5.41, 5.74) is 1.06. The summed E-state index contributed by atoms with van der Waals surface area (Å²) in [6.45, 7) is 6.03. The molecular formula is C15H20N2O4. The summed E-state index contributed by atoms with van der Waals surface area (Å²) in [6.07, 6.45) is 3.04. The number of carboxylic acid groups (broad SMARTS) is 1. The van der Waals surface area contributed by atoms with Gasteiger partial charge < -0.3 is 10.4 Å². The van der Waals surface area contributed by atoms with Crippen molar-refractivity contribution in [2.75, 3.05) is 5.32 Å². The van der Waals surface area contributed by atoms with Gasteiger partial charge in [-0.25, -0.2) is 4.79 Å². The summed E-state index contributed by atoms with van der Waals surface area (Å²) in [4.78, 5) is 21.7. The molecule has 1 aliphatic rings. The molecule has 0 radical (unpaired) electrons. The molecule has 0 aliphatic heterocycles. The molecule has 0 saturated heterocycles. The fraction of sp³-hybridized carbons (Fsp3) is 0.533. The van der Waals surface area contributed by atoms with Gasteiger partial charge in [0.2, 0.25) is 0 Å². The first kappa shape index (κ1) is 15.3. The van der Waals surface area contributed by atoms with Gasteiger partial charge in [0.25, 0.3) is 5.69 Å². The number of nitrogens with one attached hydrogen (secondary N) is 1. The molecule has 21 heavy (non-hydrogen) atoms. The molecule has 0 heterocycles. The summed E-state index contributed by atoms with van der Waals surface area (Å²) in [6, 6.07) is 2.82. The third kappa shape index (κ3) is 3.32. The standard InChI is InChI=1S/C15H20N2O4/c1-9-12(16-11-4-5-15(2,3)8-11)6-10(14(18)19)7-13(9)17(20)21/h6-7,11,16H,4-5,8H2,1-3H3,(H,18,19). The third-order valence-electron chi connectivity index (χ3n) is 4.15. The van der Waals surface area contributed by atoms with E-state index in [1.165, 1.54) is 6.07 Å². The first-order valence-electron chi connectivity index (χ1n) is 6.98. The Morgan fingerprint density at radius 2 is 2.14 bits per heavy atom. The fourth-order valence-corrected chi connectivity index (χ4v) is 2.94. The van der Waals surface area contributed by atoms with Gasteiger partial charge >= 0.3 is 5.97 Å². The van der Waals surface area contributed by atoms with E-state index in [-0.39, 0.29) is 22.7 Å².